The van der Waals surface area contributed by atoms with E-state index in [0.29, 0.717) is 0 Å². The lowest BCUT2D eigenvalue weighted by Gasteiger charge is -2.36. The maximum atomic E-state index is 4.43. The third-order valence-corrected chi connectivity index (χ3v) is 4.34. The van der Waals surface area contributed by atoms with Gasteiger partial charge < -0.3 is 10.2 Å². The fourth-order valence-electron chi connectivity index (χ4n) is 3.04. The summed E-state index contributed by atoms with van der Waals surface area (Å²) in [4.78, 5) is 9.26. The SMILES string of the molecule is CN=C(NCc1cnn(C)c1)N1CCN(Cc2ccccc2)CC1. The number of rotatable bonds is 4. The van der Waals surface area contributed by atoms with Crippen molar-refractivity contribution in [2.75, 3.05) is 33.2 Å². The van der Waals surface area contributed by atoms with Crippen molar-refractivity contribution in [1.82, 2.24) is 24.9 Å². The summed E-state index contributed by atoms with van der Waals surface area (Å²) in [5.74, 6) is 0.971. The van der Waals surface area contributed by atoms with Gasteiger partial charge in [-0.25, -0.2) is 0 Å². The lowest BCUT2D eigenvalue weighted by atomic mass is 10.2. The van der Waals surface area contributed by atoms with Gasteiger partial charge in [0, 0.05) is 65.1 Å². The predicted octanol–water partition coefficient (Wildman–Crippen LogP) is 1.31. The van der Waals surface area contributed by atoms with Crippen LogP contribution < -0.4 is 5.32 Å². The maximum Gasteiger partial charge on any atom is 0.194 e. The van der Waals surface area contributed by atoms with Gasteiger partial charge >= 0.3 is 0 Å². The van der Waals surface area contributed by atoms with Gasteiger partial charge in [-0.1, -0.05) is 30.3 Å². The lowest BCUT2D eigenvalue weighted by molar-refractivity contribution is 0.172. The molecule has 1 aromatic carbocycles. The highest BCUT2D eigenvalue weighted by molar-refractivity contribution is 5.80. The summed E-state index contributed by atoms with van der Waals surface area (Å²) in [5, 5.41) is 7.64. The van der Waals surface area contributed by atoms with Crippen LogP contribution in [0.25, 0.3) is 0 Å². The number of nitrogens with zero attached hydrogens (tertiary/aromatic N) is 5. The van der Waals surface area contributed by atoms with Crippen LogP contribution in [0.15, 0.2) is 47.7 Å². The molecule has 128 valence electrons. The number of piperazine rings is 1. The highest BCUT2D eigenvalue weighted by Gasteiger charge is 2.19. The molecule has 0 saturated carbocycles. The van der Waals surface area contributed by atoms with Crippen LogP contribution in [-0.4, -0.2) is 58.8 Å². The summed E-state index contributed by atoms with van der Waals surface area (Å²) in [5.41, 5.74) is 2.55. The first kappa shape index (κ1) is 16.5. The highest BCUT2D eigenvalue weighted by Crippen LogP contribution is 2.08. The van der Waals surface area contributed by atoms with E-state index < -0.39 is 0 Å². The van der Waals surface area contributed by atoms with Gasteiger partial charge in [0.2, 0.25) is 0 Å². The normalized spacial score (nSPS) is 16.4. The van der Waals surface area contributed by atoms with Crippen LogP contribution in [0.2, 0.25) is 0 Å². The molecule has 0 radical (unpaired) electrons. The van der Waals surface area contributed by atoms with E-state index in [-0.39, 0.29) is 0 Å². The number of nitrogens with one attached hydrogen (secondary N) is 1. The Bertz CT molecular complexity index is 655. The molecule has 0 atom stereocenters. The minimum absolute atomic E-state index is 0.755. The van der Waals surface area contributed by atoms with Crippen molar-refractivity contribution in [3.05, 3.63) is 53.9 Å². The number of guanidine groups is 1. The fraction of sp³-hybridized carbons (Fsp3) is 0.444. The first-order valence-electron chi connectivity index (χ1n) is 8.44. The molecular formula is C18H26N6. The molecule has 1 fully saturated rings. The Labute approximate surface area is 143 Å². The largest absolute Gasteiger partial charge is 0.352 e. The van der Waals surface area contributed by atoms with Gasteiger partial charge in [0.25, 0.3) is 0 Å². The summed E-state index contributed by atoms with van der Waals surface area (Å²) in [6, 6.07) is 10.7. The van der Waals surface area contributed by atoms with E-state index in [2.05, 4.69) is 55.5 Å². The number of aryl methyl sites for hydroxylation is 1. The number of aliphatic imine (C=N–C) groups is 1. The summed E-state index contributed by atoms with van der Waals surface area (Å²) in [6.45, 7) is 5.89. The standard InChI is InChI=1S/C18H26N6/c1-19-18(20-12-17-13-21-22(2)14-17)24-10-8-23(9-11-24)15-16-6-4-3-5-7-16/h3-7,13-14H,8-12,15H2,1-2H3,(H,19,20). The molecule has 6 nitrogen and oxygen atoms in total. The van der Waals surface area contributed by atoms with Gasteiger partial charge in [0.1, 0.15) is 0 Å². The lowest BCUT2D eigenvalue weighted by Crippen LogP contribution is -2.52. The van der Waals surface area contributed by atoms with Gasteiger partial charge in [-0.3, -0.25) is 14.6 Å². The van der Waals surface area contributed by atoms with Crippen LogP contribution in [0.5, 0.6) is 0 Å². The predicted molar refractivity (Wildman–Crippen MR) is 96.7 cm³/mol. The molecule has 1 aliphatic heterocycles. The van der Waals surface area contributed by atoms with Crippen molar-refractivity contribution in [3.8, 4) is 0 Å². The molecule has 1 N–H and O–H groups in total. The van der Waals surface area contributed by atoms with E-state index in [1.165, 1.54) is 11.1 Å². The van der Waals surface area contributed by atoms with Crippen molar-refractivity contribution in [3.63, 3.8) is 0 Å². The minimum atomic E-state index is 0.755. The van der Waals surface area contributed by atoms with Crippen molar-refractivity contribution in [1.29, 1.82) is 0 Å². The first-order chi connectivity index (χ1) is 11.7. The van der Waals surface area contributed by atoms with E-state index in [9.17, 15) is 0 Å². The number of benzene rings is 1. The van der Waals surface area contributed by atoms with E-state index >= 15 is 0 Å². The molecule has 1 aromatic heterocycles. The van der Waals surface area contributed by atoms with Gasteiger partial charge in [-0.15, -0.1) is 0 Å². The van der Waals surface area contributed by atoms with Crippen LogP contribution in [0.4, 0.5) is 0 Å². The molecule has 0 spiro atoms. The van der Waals surface area contributed by atoms with E-state index in [4.69, 9.17) is 0 Å². The fourth-order valence-corrected chi connectivity index (χ4v) is 3.04. The summed E-state index contributed by atoms with van der Waals surface area (Å²) in [6.07, 6.45) is 3.91. The zero-order chi connectivity index (χ0) is 16.8. The molecule has 1 aliphatic rings. The van der Waals surface area contributed by atoms with Gasteiger partial charge in [-0.2, -0.15) is 5.10 Å². The average molecular weight is 326 g/mol. The Balaban J connectivity index is 1.47. The molecule has 24 heavy (non-hydrogen) atoms. The number of hydrogen-bond acceptors (Lipinski definition) is 3. The quantitative estimate of drug-likeness (QED) is 0.680. The smallest absolute Gasteiger partial charge is 0.194 e. The molecule has 2 aromatic rings. The first-order valence-corrected chi connectivity index (χ1v) is 8.44. The molecule has 2 heterocycles. The Morgan fingerprint density at radius 3 is 2.50 bits per heavy atom. The summed E-state index contributed by atoms with van der Waals surface area (Å²) in [7, 11) is 3.78. The molecule has 0 amide bonds. The second kappa shape index (κ2) is 7.97. The monoisotopic (exact) mass is 326 g/mol. The van der Waals surface area contributed by atoms with Crippen LogP contribution in [0, 0.1) is 0 Å². The van der Waals surface area contributed by atoms with E-state index in [1.54, 1.807) is 0 Å². The van der Waals surface area contributed by atoms with Crippen LogP contribution in [0.3, 0.4) is 0 Å². The molecule has 0 aliphatic carbocycles. The highest BCUT2D eigenvalue weighted by atomic mass is 15.3. The number of hydrogen-bond donors (Lipinski definition) is 1. The van der Waals surface area contributed by atoms with Gasteiger partial charge in [-0.05, 0) is 5.56 Å². The van der Waals surface area contributed by atoms with Crippen molar-refractivity contribution < 1.29 is 0 Å². The Morgan fingerprint density at radius 2 is 1.88 bits per heavy atom. The Kier molecular flexibility index (Phi) is 5.48. The zero-order valence-electron chi connectivity index (χ0n) is 14.5. The third kappa shape index (κ3) is 4.35. The van der Waals surface area contributed by atoms with Gasteiger partial charge in [0.15, 0.2) is 5.96 Å². The average Bonchev–Trinajstić information content (AvgIpc) is 3.03. The van der Waals surface area contributed by atoms with Gasteiger partial charge in [0.05, 0.1) is 6.20 Å². The molecule has 0 bridgehead atoms. The Hall–Kier alpha value is -2.34. The van der Waals surface area contributed by atoms with Crippen LogP contribution >= 0.6 is 0 Å². The van der Waals surface area contributed by atoms with E-state index in [0.717, 1.165) is 45.2 Å². The summed E-state index contributed by atoms with van der Waals surface area (Å²) >= 11 is 0. The maximum absolute atomic E-state index is 4.43. The second-order valence-electron chi connectivity index (χ2n) is 6.17. The molecule has 3 rings (SSSR count). The van der Waals surface area contributed by atoms with Crippen LogP contribution in [-0.2, 0) is 20.1 Å². The molecule has 6 heteroatoms. The van der Waals surface area contributed by atoms with Crippen molar-refractivity contribution in [2.45, 2.75) is 13.1 Å². The van der Waals surface area contributed by atoms with Crippen molar-refractivity contribution in [2.24, 2.45) is 12.0 Å². The Morgan fingerprint density at radius 1 is 1.12 bits per heavy atom. The molecular weight excluding hydrogens is 300 g/mol. The zero-order valence-corrected chi connectivity index (χ0v) is 14.5. The number of aromatic nitrogens is 2. The van der Waals surface area contributed by atoms with Crippen molar-refractivity contribution >= 4 is 5.96 Å². The molecule has 0 unspecified atom stereocenters. The topological polar surface area (TPSA) is 48.7 Å². The minimum Gasteiger partial charge on any atom is -0.352 e. The third-order valence-electron chi connectivity index (χ3n) is 4.34. The van der Waals surface area contributed by atoms with Crippen LogP contribution in [0.1, 0.15) is 11.1 Å². The summed E-state index contributed by atoms with van der Waals surface area (Å²) < 4.78 is 1.82. The van der Waals surface area contributed by atoms with E-state index in [1.807, 2.05) is 31.2 Å². The molecule has 1 saturated heterocycles. The second-order valence-corrected chi connectivity index (χ2v) is 6.17.